The van der Waals surface area contributed by atoms with Gasteiger partial charge in [-0.1, -0.05) is 19.1 Å². The molecule has 0 spiro atoms. The summed E-state index contributed by atoms with van der Waals surface area (Å²) in [6, 6.07) is 7.88. The molecule has 1 aliphatic rings. The van der Waals surface area contributed by atoms with Crippen molar-refractivity contribution >= 4 is 11.8 Å². The molecule has 138 valence electrons. The van der Waals surface area contributed by atoms with Crippen LogP contribution < -0.4 is 10.1 Å². The summed E-state index contributed by atoms with van der Waals surface area (Å²) in [6.07, 6.45) is 0.926. The summed E-state index contributed by atoms with van der Waals surface area (Å²) in [4.78, 5) is 28.1. The number of hydrogen-bond acceptors (Lipinski definition) is 4. The van der Waals surface area contributed by atoms with Gasteiger partial charge in [0.15, 0.2) is 6.61 Å². The highest BCUT2D eigenvalue weighted by atomic mass is 16.5. The van der Waals surface area contributed by atoms with E-state index in [0.29, 0.717) is 38.5 Å². The van der Waals surface area contributed by atoms with Gasteiger partial charge in [-0.05, 0) is 38.0 Å². The zero-order valence-electron chi connectivity index (χ0n) is 15.5. The van der Waals surface area contributed by atoms with Gasteiger partial charge in [0.2, 0.25) is 5.91 Å². The highest BCUT2D eigenvalue weighted by molar-refractivity contribution is 5.79. The number of nitrogens with zero attached hydrogens (tertiary/aromatic N) is 2. The molecule has 1 N–H and O–H groups in total. The van der Waals surface area contributed by atoms with E-state index in [1.54, 1.807) is 4.90 Å². The van der Waals surface area contributed by atoms with Gasteiger partial charge in [-0.3, -0.25) is 14.5 Å². The van der Waals surface area contributed by atoms with Crippen LogP contribution in [-0.2, 0) is 9.59 Å². The molecule has 1 fully saturated rings. The third-order valence-corrected chi connectivity index (χ3v) is 4.46. The Bertz CT molecular complexity index is 583. The highest BCUT2D eigenvalue weighted by Crippen LogP contribution is 2.12. The van der Waals surface area contributed by atoms with Crippen LogP contribution in [0.4, 0.5) is 0 Å². The van der Waals surface area contributed by atoms with Crippen LogP contribution in [0.15, 0.2) is 24.3 Å². The fraction of sp³-hybridized carbons (Fsp3) is 0.579. The van der Waals surface area contributed by atoms with Gasteiger partial charge in [0.1, 0.15) is 5.75 Å². The molecule has 0 radical (unpaired) electrons. The van der Waals surface area contributed by atoms with E-state index < -0.39 is 0 Å². The standard InChI is InChI=1S/C19H29N3O3/c1-4-16(3)20-18(23)13-21-8-10-22(11-9-21)19(24)14-25-17-7-5-6-15(2)12-17/h5-7,12,16H,4,8-11,13-14H2,1-3H3,(H,20,23). The molecule has 0 saturated carbocycles. The van der Waals surface area contributed by atoms with E-state index >= 15 is 0 Å². The van der Waals surface area contributed by atoms with Crippen molar-refractivity contribution in [2.45, 2.75) is 33.2 Å². The molecule has 1 heterocycles. The molecule has 25 heavy (non-hydrogen) atoms. The normalized spacial score (nSPS) is 16.4. The first-order chi connectivity index (χ1) is 12.0. The molecular weight excluding hydrogens is 318 g/mol. The first kappa shape index (κ1) is 19.2. The van der Waals surface area contributed by atoms with Crippen LogP contribution in [0.25, 0.3) is 0 Å². The number of nitrogens with one attached hydrogen (secondary N) is 1. The van der Waals surface area contributed by atoms with Crippen molar-refractivity contribution in [1.82, 2.24) is 15.1 Å². The monoisotopic (exact) mass is 347 g/mol. The Morgan fingerprint density at radius 1 is 1.24 bits per heavy atom. The van der Waals surface area contributed by atoms with Crippen LogP contribution in [0.5, 0.6) is 5.75 Å². The largest absolute Gasteiger partial charge is 0.484 e. The molecular formula is C19H29N3O3. The maximum Gasteiger partial charge on any atom is 0.260 e. The van der Waals surface area contributed by atoms with Gasteiger partial charge in [-0.2, -0.15) is 0 Å². The Morgan fingerprint density at radius 3 is 2.60 bits per heavy atom. The van der Waals surface area contributed by atoms with Crippen LogP contribution in [0.2, 0.25) is 0 Å². The number of carbonyl (C=O) groups excluding carboxylic acids is 2. The Hall–Kier alpha value is -2.08. The minimum Gasteiger partial charge on any atom is -0.484 e. The zero-order valence-corrected chi connectivity index (χ0v) is 15.5. The summed E-state index contributed by atoms with van der Waals surface area (Å²) in [5, 5.41) is 2.97. The first-order valence-corrected chi connectivity index (χ1v) is 8.97. The van der Waals surface area contributed by atoms with Crippen LogP contribution >= 0.6 is 0 Å². The number of ether oxygens (including phenoxy) is 1. The molecule has 6 heteroatoms. The Labute approximate surface area is 150 Å². The second kappa shape index (κ2) is 9.42. The summed E-state index contributed by atoms with van der Waals surface area (Å²) in [6.45, 7) is 9.18. The van der Waals surface area contributed by atoms with Crippen molar-refractivity contribution in [2.75, 3.05) is 39.3 Å². The SMILES string of the molecule is CCC(C)NC(=O)CN1CCN(C(=O)COc2cccc(C)c2)CC1. The number of benzene rings is 1. The smallest absolute Gasteiger partial charge is 0.260 e. The second-order valence-corrected chi connectivity index (χ2v) is 6.64. The molecule has 0 aliphatic carbocycles. The van der Waals surface area contributed by atoms with Crippen molar-refractivity contribution in [3.8, 4) is 5.75 Å². The van der Waals surface area contributed by atoms with Crippen molar-refractivity contribution in [3.05, 3.63) is 29.8 Å². The van der Waals surface area contributed by atoms with Crippen LogP contribution in [0.1, 0.15) is 25.8 Å². The lowest BCUT2D eigenvalue weighted by atomic mass is 10.2. The number of amides is 2. The lowest BCUT2D eigenvalue weighted by molar-refractivity contribution is -0.135. The third-order valence-electron chi connectivity index (χ3n) is 4.46. The molecule has 2 rings (SSSR count). The van der Waals surface area contributed by atoms with Gasteiger partial charge in [0, 0.05) is 32.2 Å². The van der Waals surface area contributed by atoms with E-state index in [1.807, 2.05) is 45.0 Å². The van der Waals surface area contributed by atoms with Gasteiger partial charge >= 0.3 is 0 Å². The number of aryl methyl sites for hydroxylation is 1. The van der Waals surface area contributed by atoms with E-state index in [-0.39, 0.29) is 24.5 Å². The fourth-order valence-electron chi connectivity index (χ4n) is 2.72. The first-order valence-electron chi connectivity index (χ1n) is 8.97. The minimum absolute atomic E-state index is 0.00906. The summed E-state index contributed by atoms with van der Waals surface area (Å²) < 4.78 is 5.58. The highest BCUT2D eigenvalue weighted by Gasteiger charge is 2.22. The molecule has 1 aliphatic heterocycles. The summed E-state index contributed by atoms with van der Waals surface area (Å²) >= 11 is 0. The molecule has 1 aromatic carbocycles. The van der Waals surface area contributed by atoms with E-state index in [0.717, 1.165) is 12.0 Å². The predicted octanol–water partition coefficient (Wildman–Crippen LogP) is 1.43. The zero-order chi connectivity index (χ0) is 18.2. The van der Waals surface area contributed by atoms with Crippen molar-refractivity contribution in [2.24, 2.45) is 0 Å². The number of rotatable bonds is 7. The van der Waals surface area contributed by atoms with Crippen LogP contribution in [-0.4, -0.2) is 67.0 Å². The molecule has 1 saturated heterocycles. The molecule has 6 nitrogen and oxygen atoms in total. The Balaban J connectivity index is 1.70. The molecule has 0 aromatic heterocycles. The van der Waals surface area contributed by atoms with E-state index in [9.17, 15) is 9.59 Å². The molecule has 2 amide bonds. The van der Waals surface area contributed by atoms with Crippen molar-refractivity contribution in [1.29, 1.82) is 0 Å². The van der Waals surface area contributed by atoms with Gasteiger partial charge in [-0.15, -0.1) is 0 Å². The van der Waals surface area contributed by atoms with Crippen LogP contribution in [0.3, 0.4) is 0 Å². The van der Waals surface area contributed by atoms with E-state index in [4.69, 9.17) is 4.74 Å². The molecule has 1 unspecified atom stereocenters. The maximum atomic E-state index is 12.3. The maximum absolute atomic E-state index is 12.3. The quantitative estimate of drug-likeness (QED) is 0.811. The predicted molar refractivity (Wildman–Crippen MR) is 97.6 cm³/mol. The van der Waals surface area contributed by atoms with Crippen molar-refractivity contribution < 1.29 is 14.3 Å². The Kier molecular flexibility index (Phi) is 7.25. The average molecular weight is 347 g/mol. The lowest BCUT2D eigenvalue weighted by Gasteiger charge is -2.34. The van der Waals surface area contributed by atoms with Gasteiger partial charge in [0.25, 0.3) is 5.91 Å². The Morgan fingerprint density at radius 2 is 1.96 bits per heavy atom. The topological polar surface area (TPSA) is 61.9 Å². The summed E-state index contributed by atoms with van der Waals surface area (Å²) in [5.74, 6) is 0.760. The number of hydrogen-bond donors (Lipinski definition) is 1. The lowest BCUT2D eigenvalue weighted by Crippen LogP contribution is -2.52. The van der Waals surface area contributed by atoms with Gasteiger partial charge in [-0.25, -0.2) is 0 Å². The number of piperazine rings is 1. The third kappa shape index (κ3) is 6.38. The van der Waals surface area contributed by atoms with Crippen LogP contribution in [0, 0.1) is 6.92 Å². The van der Waals surface area contributed by atoms with Gasteiger partial charge in [0.05, 0.1) is 6.54 Å². The molecule has 1 aromatic rings. The fourth-order valence-corrected chi connectivity index (χ4v) is 2.72. The van der Waals surface area contributed by atoms with E-state index in [1.165, 1.54) is 0 Å². The second-order valence-electron chi connectivity index (χ2n) is 6.64. The van der Waals surface area contributed by atoms with Gasteiger partial charge < -0.3 is 15.0 Å². The average Bonchev–Trinajstić information content (AvgIpc) is 2.60. The van der Waals surface area contributed by atoms with Crippen molar-refractivity contribution in [3.63, 3.8) is 0 Å². The molecule has 0 bridgehead atoms. The minimum atomic E-state index is -0.00906. The summed E-state index contributed by atoms with van der Waals surface area (Å²) in [7, 11) is 0. The summed E-state index contributed by atoms with van der Waals surface area (Å²) in [5.41, 5.74) is 1.11. The molecule has 1 atom stereocenters. The number of carbonyl (C=O) groups is 2. The van der Waals surface area contributed by atoms with E-state index in [2.05, 4.69) is 10.2 Å².